The fourth-order valence-electron chi connectivity index (χ4n) is 3.28. The molecule has 3 rings (SSSR count). The molecule has 2 heterocycles. The quantitative estimate of drug-likeness (QED) is 0.827. The van der Waals surface area contributed by atoms with E-state index in [2.05, 4.69) is 26.2 Å². The Morgan fingerprint density at radius 2 is 2.09 bits per heavy atom. The number of rotatable bonds is 2. The molecule has 0 radical (unpaired) electrons. The fourth-order valence-corrected chi connectivity index (χ4v) is 3.65. The van der Waals surface area contributed by atoms with E-state index in [1.54, 1.807) is 32.3 Å². The molecular weight excluding hydrogens is 370 g/mol. The number of hydrogen-bond acceptors (Lipinski definition) is 3. The molecule has 23 heavy (non-hydrogen) atoms. The summed E-state index contributed by atoms with van der Waals surface area (Å²) < 4.78 is 34.4. The maximum absolute atomic E-state index is 14.5. The molecule has 1 fully saturated rings. The van der Waals surface area contributed by atoms with E-state index in [1.807, 2.05) is 0 Å². The Morgan fingerprint density at radius 1 is 1.35 bits per heavy atom. The van der Waals surface area contributed by atoms with Crippen molar-refractivity contribution in [3.05, 3.63) is 52.3 Å². The molecule has 1 amide bonds. The molecule has 0 saturated carbocycles. The Kier molecular flexibility index (Phi) is 3.78. The van der Waals surface area contributed by atoms with Gasteiger partial charge in [0.05, 0.1) is 5.41 Å². The van der Waals surface area contributed by atoms with Crippen LogP contribution in [0.5, 0.6) is 0 Å². The van der Waals surface area contributed by atoms with Crippen LogP contribution in [0.2, 0.25) is 0 Å². The summed E-state index contributed by atoms with van der Waals surface area (Å²) in [5.74, 6) is -0.971. The van der Waals surface area contributed by atoms with Crippen LogP contribution in [0.3, 0.4) is 0 Å². The average Bonchev–Trinajstić information content (AvgIpc) is 2.80. The van der Waals surface area contributed by atoms with E-state index in [0.29, 0.717) is 10.0 Å². The molecule has 0 bridgehead atoms. The van der Waals surface area contributed by atoms with Crippen LogP contribution in [0.4, 0.5) is 13.6 Å². The molecule has 0 aromatic carbocycles. The van der Waals surface area contributed by atoms with Gasteiger partial charge in [0.15, 0.2) is 0 Å². The topological polar surface area (TPSA) is 51.2 Å². The Hall–Kier alpha value is -1.76. The van der Waals surface area contributed by atoms with Gasteiger partial charge in [-0.05, 0) is 48.0 Å². The van der Waals surface area contributed by atoms with Crippen molar-refractivity contribution in [2.45, 2.75) is 31.9 Å². The molecular formula is C16H15BrF2N2O2. The summed E-state index contributed by atoms with van der Waals surface area (Å²) in [6.07, 6.45) is 3.60. The van der Waals surface area contributed by atoms with Gasteiger partial charge in [0, 0.05) is 28.9 Å². The second-order valence-corrected chi connectivity index (χ2v) is 7.14. The van der Waals surface area contributed by atoms with Crippen LogP contribution in [0.1, 0.15) is 25.8 Å². The van der Waals surface area contributed by atoms with Crippen LogP contribution in [0.25, 0.3) is 0 Å². The molecule has 3 unspecified atom stereocenters. The first-order valence-corrected chi connectivity index (χ1v) is 7.87. The fraction of sp³-hybridized carbons (Fsp3) is 0.375. The van der Waals surface area contributed by atoms with Crippen molar-refractivity contribution in [1.29, 1.82) is 0 Å². The number of aromatic nitrogens is 1. The van der Waals surface area contributed by atoms with Crippen molar-refractivity contribution in [3.63, 3.8) is 0 Å². The number of nitrogens with zero attached hydrogens (tertiary/aromatic N) is 1. The highest BCUT2D eigenvalue weighted by molar-refractivity contribution is 9.10. The third kappa shape index (κ3) is 2.56. The highest BCUT2D eigenvalue weighted by Crippen LogP contribution is 2.50. The van der Waals surface area contributed by atoms with E-state index in [9.17, 15) is 13.6 Å². The van der Waals surface area contributed by atoms with Crippen molar-refractivity contribution in [3.8, 4) is 0 Å². The Bertz CT molecular complexity index is 737. The van der Waals surface area contributed by atoms with E-state index in [4.69, 9.17) is 4.74 Å². The molecule has 1 N–H and O–H groups in total. The Labute approximate surface area is 140 Å². The SMILES string of the molecule is CC1(C2OC(=O)NC2(C)c2cncc(Br)c2)CC(F)=CC=C1F. The molecule has 3 atom stereocenters. The van der Waals surface area contributed by atoms with Gasteiger partial charge in [0.25, 0.3) is 0 Å². The lowest BCUT2D eigenvalue weighted by Gasteiger charge is -2.41. The summed E-state index contributed by atoms with van der Waals surface area (Å²) in [6, 6.07) is 1.77. The van der Waals surface area contributed by atoms with Crippen molar-refractivity contribution >= 4 is 22.0 Å². The Morgan fingerprint density at radius 3 is 2.78 bits per heavy atom. The number of alkyl carbamates (subject to hydrolysis) is 1. The van der Waals surface area contributed by atoms with Gasteiger partial charge in [-0.1, -0.05) is 0 Å². The first-order chi connectivity index (χ1) is 10.8. The smallest absolute Gasteiger partial charge is 0.408 e. The monoisotopic (exact) mass is 384 g/mol. The van der Waals surface area contributed by atoms with Crippen LogP contribution >= 0.6 is 15.9 Å². The maximum atomic E-state index is 14.5. The number of cyclic esters (lactones) is 1. The van der Waals surface area contributed by atoms with Gasteiger partial charge in [0.1, 0.15) is 23.3 Å². The van der Waals surface area contributed by atoms with E-state index < -0.39 is 34.8 Å². The third-order valence-electron chi connectivity index (χ3n) is 4.49. The molecule has 0 spiro atoms. The summed E-state index contributed by atoms with van der Waals surface area (Å²) in [6.45, 7) is 3.28. The van der Waals surface area contributed by atoms with E-state index in [0.717, 1.165) is 12.2 Å². The minimum absolute atomic E-state index is 0.175. The van der Waals surface area contributed by atoms with Gasteiger partial charge in [-0.3, -0.25) is 4.98 Å². The van der Waals surface area contributed by atoms with Gasteiger partial charge in [0.2, 0.25) is 0 Å². The van der Waals surface area contributed by atoms with Gasteiger partial charge in [-0.25, -0.2) is 13.6 Å². The van der Waals surface area contributed by atoms with Gasteiger partial charge < -0.3 is 10.1 Å². The lowest BCUT2D eigenvalue weighted by Crippen LogP contribution is -2.50. The lowest BCUT2D eigenvalue weighted by molar-refractivity contribution is 0.0129. The Balaban J connectivity index is 2.09. The lowest BCUT2D eigenvalue weighted by atomic mass is 9.68. The minimum Gasteiger partial charge on any atom is -0.442 e. The molecule has 1 aliphatic heterocycles. The average molecular weight is 385 g/mol. The third-order valence-corrected chi connectivity index (χ3v) is 4.92. The van der Waals surface area contributed by atoms with Gasteiger partial charge in [-0.15, -0.1) is 0 Å². The molecule has 7 heteroatoms. The molecule has 1 saturated heterocycles. The highest BCUT2D eigenvalue weighted by Gasteiger charge is 2.57. The van der Waals surface area contributed by atoms with Gasteiger partial charge >= 0.3 is 6.09 Å². The molecule has 1 aromatic heterocycles. The van der Waals surface area contributed by atoms with Crippen molar-refractivity contribution in [1.82, 2.24) is 10.3 Å². The minimum atomic E-state index is -1.30. The normalized spacial score (nSPS) is 33.6. The highest BCUT2D eigenvalue weighted by atomic mass is 79.9. The molecule has 1 aliphatic carbocycles. The van der Waals surface area contributed by atoms with Crippen molar-refractivity contribution < 1.29 is 18.3 Å². The zero-order valence-electron chi connectivity index (χ0n) is 12.6. The molecule has 2 aliphatic rings. The zero-order chi connectivity index (χ0) is 16.8. The number of hydrogen-bond donors (Lipinski definition) is 1. The summed E-state index contributed by atoms with van der Waals surface area (Å²) in [5.41, 5.74) is -1.69. The standard InChI is InChI=1S/C16H15BrF2N2O2/c1-15(6-11(18)3-4-12(15)19)13-16(2,21-14(22)23-13)9-5-10(17)8-20-7-9/h3-5,7-8,13H,6H2,1-2H3,(H,21,22). The predicted molar refractivity (Wildman–Crippen MR) is 83.8 cm³/mol. The van der Waals surface area contributed by atoms with Crippen molar-refractivity contribution in [2.24, 2.45) is 5.41 Å². The van der Waals surface area contributed by atoms with Crippen LogP contribution in [-0.4, -0.2) is 17.2 Å². The first-order valence-electron chi connectivity index (χ1n) is 7.08. The number of nitrogens with one attached hydrogen (secondary N) is 1. The summed E-state index contributed by atoms with van der Waals surface area (Å²) in [5, 5.41) is 2.72. The number of carbonyl (C=O) groups excluding carboxylic acids is 1. The number of ether oxygens (including phenoxy) is 1. The zero-order valence-corrected chi connectivity index (χ0v) is 14.2. The van der Waals surface area contributed by atoms with E-state index in [1.165, 1.54) is 0 Å². The summed E-state index contributed by atoms with van der Waals surface area (Å²) >= 11 is 3.33. The number of pyridine rings is 1. The van der Waals surface area contributed by atoms with E-state index >= 15 is 0 Å². The molecule has 1 aromatic rings. The second kappa shape index (κ2) is 5.40. The number of amides is 1. The van der Waals surface area contributed by atoms with Crippen molar-refractivity contribution in [2.75, 3.05) is 0 Å². The molecule has 4 nitrogen and oxygen atoms in total. The number of allylic oxidation sites excluding steroid dienone is 3. The van der Waals surface area contributed by atoms with Crippen LogP contribution < -0.4 is 5.32 Å². The van der Waals surface area contributed by atoms with Crippen LogP contribution in [0, 0.1) is 5.41 Å². The second-order valence-electron chi connectivity index (χ2n) is 6.23. The number of carbonyl (C=O) groups is 1. The number of halogens is 3. The van der Waals surface area contributed by atoms with Crippen LogP contribution in [0.15, 0.2) is 46.7 Å². The summed E-state index contributed by atoms with van der Waals surface area (Å²) in [7, 11) is 0. The van der Waals surface area contributed by atoms with Crippen LogP contribution in [-0.2, 0) is 10.3 Å². The molecule has 122 valence electrons. The first kappa shape index (κ1) is 16.1. The van der Waals surface area contributed by atoms with E-state index in [-0.39, 0.29) is 6.42 Å². The van der Waals surface area contributed by atoms with Gasteiger partial charge in [-0.2, -0.15) is 0 Å². The largest absolute Gasteiger partial charge is 0.442 e. The predicted octanol–water partition coefficient (Wildman–Crippen LogP) is 4.28. The maximum Gasteiger partial charge on any atom is 0.408 e. The summed E-state index contributed by atoms with van der Waals surface area (Å²) in [4.78, 5) is 16.0.